The lowest BCUT2D eigenvalue weighted by Gasteiger charge is -2.35. The molecule has 2 aromatic rings. The quantitative estimate of drug-likeness (QED) is 0.851. The Hall–Kier alpha value is -2.74. The highest BCUT2D eigenvalue weighted by Gasteiger charge is 2.28. The lowest BCUT2D eigenvalue weighted by molar-refractivity contribution is -0.118. The summed E-state index contributed by atoms with van der Waals surface area (Å²) in [5.41, 5.74) is 2.51. The molecule has 0 spiro atoms. The van der Waals surface area contributed by atoms with Crippen LogP contribution >= 0.6 is 0 Å². The van der Waals surface area contributed by atoms with Gasteiger partial charge in [0.05, 0.1) is 0 Å². The SMILES string of the molecule is Cc1nc(N(C)C)nc(N2CCN[C@H](C(=O)Nc3ccc(F)cc3)C2)c1C. The van der Waals surface area contributed by atoms with Crippen LogP contribution in [0.4, 0.5) is 21.8 Å². The van der Waals surface area contributed by atoms with E-state index >= 15 is 0 Å². The molecule has 1 aliphatic rings. The van der Waals surface area contributed by atoms with E-state index in [2.05, 4.69) is 25.5 Å². The Bertz CT molecular complexity index is 824. The van der Waals surface area contributed by atoms with Gasteiger partial charge in [-0.2, -0.15) is 4.98 Å². The molecular weight excluding hydrogens is 347 g/mol. The molecular formula is C19H25FN6O. The Kier molecular flexibility index (Phi) is 5.55. The zero-order valence-corrected chi connectivity index (χ0v) is 16.1. The third-order valence-corrected chi connectivity index (χ3v) is 4.65. The summed E-state index contributed by atoms with van der Waals surface area (Å²) in [5, 5.41) is 6.07. The molecule has 2 N–H and O–H groups in total. The number of carbonyl (C=O) groups is 1. The van der Waals surface area contributed by atoms with Crippen LogP contribution in [0.1, 0.15) is 11.3 Å². The molecule has 0 bridgehead atoms. The topological polar surface area (TPSA) is 73.4 Å². The number of nitrogens with zero attached hydrogens (tertiary/aromatic N) is 4. The van der Waals surface area contributed by atoms with Gasteiger partial charge in [-0.05, 0) is 38.1 Å². The van der Waals surface area contributed by atoms with Crippen molar-refractivity contribution < 1.29 is 9.18 Å². The molecule has 1 atom stereocenters. The summed E-state index contributed by atoms with van der Waals surface area (Å²) in [6, 6.07) is 5.36. The molecule has 3 rings (SSSR count). The standard InChI is InChI=1S/C19H25FN6O/c1-12-13(2)22-19(25(3)4)24-17(12)26-10-9-21-16(11-26)18(27)23-15-7-5-14(20)6-8-15/h5-8,16,21H,9-11H2,1-4H3,(H,23,27)/t16-/m0/s1. The van der Waals surface area contributed by atoms with E-state index in [9.17, 15) is 9.18 Å². The summed E-state index contributed by atoms with van der Waals surface area (Å²) < 4.78 is 13.0. The number of amides is 1. The predicted octanol–water partition coefficient (Wildman–Crippen LogP) is 1.72. The van der Waals surface area contributed by atoms with Gasteiger partial charge < -0.3 is 20.4 Å². The van der Waals surface area contributed by atoms with Crippen LogP contribution in [0.5, 0.6) is 0 Å². The zero-order valence-electron chi connectivity index (χ0n) is 16.1. The molecule has 27 heavy (non-hydrogen) atoms. The number of benzene rings is 1. The van der Waals surface area contributed by atoms with Crippen molar-refractivity contribution in [1.82, 2.24) is 15.3 Å². The largest absolute Gasteiger partial charge is 0.353 e. The average molecular weight is 372 g/mol. The molecule has 0 saturated carbocycles. The first-order chi connectivity index (χ1) is 12.8. The molecule has 2 heterocycles. The summed E-state index contributed by atoms with van der Waals surface area (Å²) in [5.74, 6) is 1.02. The van der Waals surface area contributed by atoms with Gasteiger partial charge in [0, 0.05) is 50.7 Å². The van der Waals surface area contributed by atoms with Crippen molar-refractivity contribution in [3.05, 3.63) is 41.3 Å². The van der Waals surface area contributed by atoms with Gasteiger partial charge in [0.2, 0.25) is 11.9 Å². The lowest BCUT2D eigenvalue weighted by atomic mass is 10.1. The molecule has 144 valence electrons. The Morgan fingerprint density at radius 3 is 2.63 bits per heavy atom. The number of rotatable bonds is 4. The van der Waals surface area contributed by atoms with Crippen molar-refractivity contribution in [3.8, 4) is 0 Å². The van der Waals surface area contributed by atoms with Crippen LogP contribution in [0.25, 0.3) is 0 Å². The molecule has 1 aliphatic heterocycles. The molecule has 0 aliphatic carbocycles. The summed E-state index contributed by atoms with van der Waals surface area (Å²) in [6.45, 7) is 5.89. The maximum Gasteiger partial charge on any atom is 0.243 e. The summed E-state index contributed by atoms with van der Waals surface area (Å²) >= 11 is 0. The average Bonchev–Trinajstić information content (AvgIpc) is 2.65. The highest BCUT2D eigenvalue weighted by atomic mass is 19.1. The molecule has 7 nitrogen and oxygen atoms in total. The van der Waals surface area contributed by atoms with E-state index < -0.39 is 0 Å². The van der Waals surface area contributed by atoms with E-state index in [0.717, 1.165) is 23.6 Å². The van der Waals surface area contributed by atoms with Crippen LogP contribution in [-0.4, -0.2) is 55.6 Å². The Morgan fingerprint density at radius 1 is 1.26 bits per heavy atom. The van der Waals surface area contributed by atoms with Crippen LogP contribution in [0, 0.1) is 19.7 Å². The minimum Gasteiger partial charge on any atom is -0.353 e. The van der Waals surface area contributed by atoms with Crippen molar-refractivity contribution in [2.75, 3.05) is 48.8 Å². The fourth-order valence-electron chi connectivity index (χ4n) is 2.99. The van der Waals surface area contributed by atoms with Crippen molar-refractivity contribution in [2.45, 2.75) is 19.9 Å². The van der Waals surface area contributed by atoms with Crippen molar-refractivity contribution in [2.24, 2.45) is 0 Å². The fraction of sp³-hybridized carbons (Fsp3) is 0.421. The highest BCUT2D eigenvalue weighted by molar-refractivity contribution is 5.95. The molecule has 0 radical (unpaired) electrons. The highest BCUT2D eigenvalue weighted by Crippen LogP contribution is 2.23. The van der Waals surface area contributed by atoms with Gasteiger partial charge in [0.25, 0.3) is 0 Å². The second kappa shape index (κ2) is 7.87. The Balaban J connectivity index is 1.76. The van der Waals surface area contributed by atoms with E-state index in [0.29, 0.717) is 24.7 Å². The van der Waals surface area contributed by atoms with Gasteiger partial charge in [0.15, 0.2) is 0 Å². The summed E-state index contributed by atoms with van der Waals surface area (Å²) in [4.78, 5) is 25.8. The lowest BCUT2D eigenvalue weighted by Crippen LogP contribution is -2.56. The van der Waals surface area contributed by atoms with Crippen LogP contribution in [0.2, 0.25) is 0 Å². The Labute approximate surface area is 158 Å². The van der Waals surface area contributed by atoms with Crippen molar-refractivity contribution in [1.29, 1.82) is 0 Å². The normalized spacial score (nSPS) is 16.9. The first kappa shape index (κ1) is 19.0. The van der Waals surface area contributed by atoms with Crippen LogP contribution in [-0.2, 0) is 4.79 Å². The van der Waals surface area contributed by atoms with E-state index in [4.69, 9.17) is 0 Å². The second-order valence-corrected chi connectivity index (χ2v) is 6.90. The molecule has 1 aromatic heterocycles. The van der Waals surface area contributed by atoms with E-state index in [-0.39, 0.29) is 17.8 Å². The minimum atomic E-state index is -0.388. The maximum absolute atomic E-state index is 13.0. The van der Waals surface area contributed by atoms with Crippen LogP contribution in [0.15, 0.2) is 24.3 Å². The van der Waals surface area contributed by atoms with Crippen LogP contribution in [0.3, 0.4) is 0 Å². The van der Waals surface area contributed by atoms with Gasteiger partial charge in [-0.15, -0.1) is 0 Å². The molecule has 1 saturated heterocycles. The second-order valence-electron chi connectivity index (χ2n) is 6.90. The smallest absolute Gasteiger partial charge is 0.243 e. The number of hydrogen-bond acceptors (Lipinski definition) is 6. The molecule has 8 heteroatoms. The van der Waals surface area contributed by atoms with Gasteiger partial charge >= 0.3 is 0 Å². The number of aromatic nitrogens is 2. The van der Waals surface area contributed by atoms with E-state index in [1.165, 1.54) is 12.1 Å². The zero-order chi connectivity index (χ0) is 19.6. The number of halogens is 1. The molecule has 0 unspecified atom stereocenters. The maximum atomic E-state index is 13.0. The van der Waals surface area contributed by atoms with Gasteiger partial charge in [-0.1, -0.05) is 0 Å². The monoisotopic (exact) mass is 372 g/mol. The molecule has 1 aromatic carbocycles. The number of aryl methyl sites for hydroxylation is 1. The van der Waals surface area contributed by atoms with Crippen molar-refractivity contribution >= 4 is 23.4 Å². The number of carbonyl (C=O) groups excluding carboxylic acids is 1. The van der Waals surface area contributed by atoms with Gasteiger partial charge in [0.1, 0.15) is 17.7 Å². The van der Waals surface area contributed by atoms with Gasteiger partial charge in [-0.3, -0.25) is 4.79 Å². The molecule has 1 amide bonds. The first-order valence-electron chi connectivity index (χ1n) is 8.92. The predicted molar refractivity (Wildman–Crippen MR) is 105 cm³/mol. The number of hydrogen-bond donors (Lipinski definition) is 2. The van der Waals surface area contributed by atoms with Gasteiger partial charge in [-0.25, -0.2) is 9.37 Å². The third kappa shape index (κ3) is 4.33. The van der Waals surface area contributed by atoms with Crippen molar-refractivity contribution in [3.63, 3.8) is 0 Å². The number of piperazine rings is 1. The molecule has 1 fully saturated rings. The fourth-order valence-corrected chi connectivity index (χ4v) is 2.99. The van der Waals surface area contributed by atoms with E-state index in [1.54, 1.807) is 12.1 Å². The van der Waals surface area contributed by atoms with Crippen LogP contribution < -0.4 is 20.4 Å². The van der Waals surface area contributed by atoms with E-state index in [1.807, 2.05) is 32.8 Å². The number of anilines is 3. The number of nitrogens with one attached hydrogen (secondary N) is 2. The Morgan fingerprint density at radius 2 is 1.96 bits per heavy atom. The minimum absolute atomic E-state index is 0.150. The summed E-state index contributed by atoms with van der Waals surface area (Å²) in [6.07, 6.45) is 0. The third-order valence-electron chi connectivity index (χ3n) is 4.65. The first-order valence-corrected chi connectivity index (χ1v) is 8.92. The summed E-state index contributed by atoms with van der Waals surface area (Å²) in [7, 11) is 3.81.